The lowest BCUT2D eigenvalue weighted by molar-refractivity contribution is -0.137. The molecule has 4 rings (SSSR count). The van der Waals surface area contributed by atoms with Crippen molar-refractivity contribution in [3.05, 3.63) is 94.5 Å². The van der Waals surface area contributed by atoms with Crippen LogP contribution in [0.25, 0.3) is 16.6 Å². The van der Waals surface area contributed by atoms with Crippen LogP contribution in [0.5, 0.6) is 5.75 Å². The van der Waals surface area contributed by atoms with Crippen LogP contribution in [0, 0.1) is 0 Å². The lowest BCUT2D eigenvalue weighted by Gasteiger charge is -2.32. The molecule has 1 atom stereocenters. The normalized spacial score (nSPS) is 12.2. The molecule has 0 aliphatic carbocycles. The highest BCUT2D eigenvalue weighted by molar-refractivity contribution is 5.90. The quantitative estimate of drug-likeness (QED) is 0.273. The SMILES string of the molecule is CCC(c1nc2ccccc2c(=O)n1-c1ccccc1OC)N(CCOC)C(=O)Nc1cccc(C(F)(F)F)c1. The summed E-state index contributed by atoms with van der Waals surface area (Å²) in [5.74, 6) is 0.695. The molecule has 0 radical (unpaired) electrons. The highest BCUT2D eigenvalue weighted by Crippen LogP contribution is 2.32. The Kier molecular flexibility index (Phi) is 8.73. The first-order valence-corrected chi connectivity index (χ1v) is 12.6. The first-order valence-electron chi connectivity index (χ1n) is 12.6. The lowest BCUT2D eigenvalue weighted by Crippen LogP contribution is -2.42. The molecule has 0 fully saturated rings. The summed E-state index contributed by atoms with van der Waals surface area (Å²) in [6.07, 6.45) is -4.23. The second-order valence-electron chi connectivity index (χ2n) is 8.92. The van der Waals surface area contributed by atoms with E-state index in [0.717, 1.165) is 12.1 Å². The molecule has 0 bridgehead atoms. The molecule has 11 heteroatoms. The molecule has 1 unspecified atom stereocenters. The second kappa shape index (κ2) is 12.2. The van der Waals surface area contributed by atoms with Crippen LogP contribution in [0.1, 0.15) is 30.8 Å². The van der Waals surface area contributed by atoms with Crippen LogP contribution in [0.2, 0.25) is 0 Å². The molecule has 0 spiro atoms. The standard InChI is InChI=1S/C29H29F3N4O4/c1-4-23(35(16-17-39-2)28(38)33-20-11-9-10-19(18-20)29(30,31)32)26-34-22-13-6-5-12-21(22)27(37)36(26)24-14-7-8-15-25(24)40-3/h5-15,18,23H,4,16-17H2,1-3H3,(H,33,38). The monoisotopic (exact) mass is 554 g/mol. The van der Waals surface area contributed by atoms with Gasteiger partial charge >= 0.3 is 12.2 Å². The van der Waals surface area contributed by atoms with Crippen LogP contribution in [0.15, 0.2) is 77.6 Å². The van der Waals surface area contributed by atoms with E-state index in [9.17, 15) is 22.8 Å². The van der Waals surface area contributed by atoms with Gasteiger partial charge in [-0.05, 0) is 48.9 Å². The van der Waals surface area contributed by atoms with Gasteiger partial charge in [0.05, 0.1) is 41.9 Å². The third-order valence-electron chi connectivity index (χ3n) is 6.43. The molecular formula is C29H29F3N4O4. The van der Waals surface area contributed by atoms with Crippen molar-refractivity contribution in [1.82, 2.24) is 14.5 Å². The van der Waals surface area contributed by atoms with Crippen molar-refractivity contribution in [2.24, 2.45) is 0 Å². The fourth-order valence-electron chi connectivity index (χ4n) is 4.52. The minimum Gasteiger partial charge on any atom is -0.495 e. The summed E-state index contributed by atoms with van der Waals surface area (Å²) >= 11 is 0. The molecule has 1 heterocycles. The number of halogens is 3. The number of urea groups is 1. The summed E-state index contributed by atoms with van der Waals surface area (Å²) in [5, 5.41) is 2.95. The number of ether oxygens (including phenoxy) is 2. The van der Waals surface area contributed by atoms with E-state index < -0.39 is 23.8 Å². The van der Waals surface area contributed by atoms with E-state index in [2.05, 4.69) is 5.32 Å². The number of fused-ring (bicyclic) bond motifs is 1. The number of hydrogen-bond donors (Lipinski definition) is 1. The highest BCUT2D eigenvalue weighted by atomic mass is 19.4. The van der Waals surface area contributed by atoms with Gasteiger partial charge < -0.3 is 19.7 Å². The number of rotatable bonds is 9. The Bertz CT molecular complexity index is 1550. The molecule has 40 heavy (non-hydrogen) atoms. The fraction of sp³-hybridized carbons (Fsp3) is 0.276. The average molecular weight is 555 g/mol. The molecule has 210 valence electrons. The van der Waals surface area contributed by atoms with E-state index in [-0.39, 0.29) is 30.2 Å². The Morgan fingerprint density at radius 3 is 2.48 bits per heavy atom. The van der Waals surface area contributed by atoms with E-state index in [1.165, 1.54) is 35.8 Å². The van der Waals surface area contributed by atoms with E-state index in [0.29, 0.717) is 28.8 Å². The number of para-hydroxylation sites is 3. The van der Waals surface area contributed by atoms with Gasteiger partial charge in [-0.2, -0.15) is 13.2 Å². The molecular weight excluding hydrogens is 525 g/mol. The van der Waals surface area contributed by atoms with Gasteiger partial charge in [0.25, 0.3) is 5.56 Å². The molecule has 1 aromatic heterocycles. The van der Waals surface area contributed by atoms with Gasteiger partial charge in [-0.3, -0.25) is 9.36 Å². The number of benzene rings is 3. The predicted octanol–water partition coefficient (Wildman–Crippen LogP) is 6.04. The molecule has 0 saturated carbocycles. The zero-order chi connectivity index (χ0) is 28.9. The molecule has 0 aliphatic heterocycles. The van der Waals surface area contributed by atoms with Gasteiger partial charge in [0.2, 0.25) is 0 Å². The first kappa shape index (κ1) is 28.6. The average Bonchev–Trinajstić information content (AvgIpc) is 2.95. The maximum atomic E-state index is 13.9. The topological polar surface area (TPSA) is 85.7 Å². The third-order valence-corrected chi connectivity index (χ3v) is 6.43. The Balaban J connectivity index is 1.86. The number of nitrogens with zero attached hydrogens (tertiary/aromatic N) is 3. The van der Waals surface area contributed by atoms with Gasteiger partial charge in [-0.1, -0.05) is 37.3 Å². The summed E-state index contributed by atoms with van der Waals surface area (Å²) in [5.41, 5.74) is -0.384. The summed E-state index contributed by atoms with van der Waals surface area (Å²) in [4.78, 5) is 33.7. The molecule has 0 saturated heterocycles. The number of carbonyl (C=O) groups is 1. The Hall–Kier alpha value is -4.38. The number of alkyl halides is 3. The zero-order valence-electron chi connectivity index (χ0n) is 22.2. The third kappa shape index (κ3) is 5.94. The minimum atomic E-state index is -4.57. The van der Waals surface area contributed by atoms with Crippen molar-refractivity contribution in [3.8, 4) is 11.4 Å². The van der Waals surface area contributed by atoms with Crippen molar-refractivity contribution in [2.45, 2.75) is 25.6 Å². The number of amides is 2. The van der Waals surface area contributed by atoms with Gasteiger partial charge in [-0.15, -0.1) is 0 Å². The molecule has 4 aromatic rings. The van der Waals surface area contributed by atoms with Crippen molar-refractivity contribution >= 4 is 22.6 Å². The van der Waals surface area contributed by atoms with Gasteiger partial charge in [0.1, 0.15) is 11.6 Å². The Morgan fingerprint density at radius 2 is 1.77 bits per heavy atom. The van der Waals surface area contributed by atoms with Crippen LogP contribution in [0.3, 0.4) is 0 Å². The van der Waals surface area contributed by atoms with E-state index in [1.807, 2.05) is 6.92 Å². The molecule has 8 nitrogen and oxygen atoms in total. The van der Waals surface area contributed by atoms with E-state index >= 15 is 0 Å². The maximum Gasteiger partial charge on any atom is 0.416 e. The number of hydrogen-bond acceptors (Lipinski definition) is 5. The first-order chi connectivity index (χ1) is 19.2. The predicted molar refractivity (Wildman–Crippen MR) is 146 cm³/mol. The van der Waals surface area contributed by atoms with Crippen LogP contribution in [0.4, 0.5) is 23.7 Å². The molecule has 0 aliphatic rings. The highest BCUT2D eigenvalue weighted by Gasteiger charge is 2.32. The summed E-state index contributed by atoms with van der Waals surface area (Å²) in [6.45, 7) is 2.04. The number of anilines is 1. The van der Waals surface area contributed by atoms with Crippen molar-refractivity contribution < 1.29 is 27.4 Å². The van der Waals surface area contributed by atoms with Crippen molar-refractivity contribution in [3.63, 3.8) is 0 Å². The molecule has 3 aromatic carbocycles. The zero-order valence-corrected chi connectivity index (χ0v) is 22.2. The smallest absolute Gasteiger partial charge is 0.416 e. The van der Waals surface area contributed by atoms with Crippen molar-refractivity contribution in [1.29, 1.82) is 0 Å². The van der Waals surface area contributed by atoms with E-state index in [4.69, 9.17) is 14.5 Å². The number of nitrogens with one attached hydrogen (secondary N) is 1. The Labute approximate surface area is 229 Å². The summed E-state index contributed by atoms with van der Waals surface area (Å²) in [7, 11) is 2.96. The fourth-order valence-corrected chi connectivity index (χ4v) is 4.52. The van der Waals surface area contributed by atoms with Gasteiger partial charge in [0.15, 0.2) is 0 Å². The molecule has 1 N–H and O–H groups in total. The number of methoxy groups -OCH3 is 2. The number of carbonyl (C=O) groups excluding carboxylic acids is 1. The van der Waals surface area contributed by atoms with Crippen LogP contribution in [-0.4, -0.2) is 47.9 Å². The minimum absolute atomic E-state index is 0.0225. The summed E-state index contributed by atoms with van der Waals surface area (Å²) in [6, 6.07) is 16.8. The van der Waals surface area contributed by atoms with Crippen LogP contribution >= 0.6 is 0 Å². The Morgan fingerprint density at radius 1 is 1.05 bits per heavy atom. The lowest BCUT2D eigenvalue weighted by atomic mass is 10.1. The van der Waals surface area contributed by atoms with Crippen LogP contribution in [-0.2, 0) is 10.9 Å². The van der Waals surface area contributed by atoms with E-state index in [1.54, 1.807) is 48.5 Å². The van der Waals surface area contributed by atoms with Crippen molar-refractivity contribution in [2.75, 3.05) is 32.7 Å². The number of aromatic nitrogens is 2. The van der Waals surface area contributed by atoms with Gasteiger partial charge in [-0.25, -0.2) is 9.78 Å². The summed E-state index contributed by atoms with van der Waals surface area (Å²) < 4.78 is 52.0. The van der Waals surface area contributed by atoms with Gasteiger partial charge in [0, 0.05) is 19.3 Å². The second-order valence-corrected chi connectivity index (χ2v) is 8.92. The van der Waals surface area contributed by atoms with Crippen LogP contribution < -0.4 is 15.6 Å². The maximum absolute atomic E-state index is 13.9. The molecule has 2 amide bonds. The largest absolute Gasteiger partial charge is 0.495 e.